The molecule has 0 saturated carbocycles. The molecular formula is C3H3NaO7. The Morgan fingerprint density at radius 3 is 1.45 bits per heavy atom. The molecule has 0 heterocycles. The van der Waals surface area contributed by atoms with Crippen LogP contribution in [0.1, 0.15) is 1.43 Å². The predicted octanol–water partition coefficient (Wildman–Crippen LogP) is -2.39. The zero-order chi connectivity index (χ0) is 8.15. The number of hydrogen-bond acceptors (Lipinski definition) is 5. The van der Waals surface area contributed by atoms with Gasteiger partial charge in [-0.15, -0.1) is 0 Å². The molecule has 0 fully saturated rings. The largest absolute Gasteiger partial charge is 1.00 e. The van der Waals surface area contributed by atoms with E-state index < -0.39 is 18.5 Å². The van der Waals surface area contributed by atoms with Crippen molar-refractivity contribution in [2.24, 2.45) is 0 Å². The van der Waals surface area contributed by atoms with Crippen molar-refractivity contribution in [2.75, 3.05) is 0 Å². The van der Waals surface area contributed by atoms with Crippen molar-refractivity contribution in [1.29, 1.82) is 0 Å². The van der Waals surface area contributed by atoms with Crippen LogP contribution in [0.2, 0.25) is 0 Å². The Morgan fingerprint density at radius 2 is 1.27 bits per heavy atom. The topological polar surface area (TPSA) is 110 Å². The molecule has 0 atom stereocenters. The fourth-order valence-corrected chi connectivity index (χ4v) is 0.163. The number of carboxylic acid groups (broad SMARTS) is 2. The van der Waals surface area contributed by atoms with E-state index in [1.54, 1.807) is 0 Å². The predicted molar refractivity (Wildman–Crippen MR) is 24.7 cm³/mol. The molecular weight excluding hydrogens is 171 g/mol. The standard InChI is InChI=1S/C3H2O7.Na.H/c4-1(5)9-3(8)10-2(6)7;;/h(H,4,5)(H,6,7);;/q;+1;-1. The summed E-state index contributed by atoms with van der Waals surface area (Å²) in [6, 6.07) is 0. The summed E-state index contributed by atoms with van der Waals surface area (Å²) in [6.45, 7) is 0. The van der Waals surface area contributed by atoms with E-state index in [-0.39, 0.29) is 31.0 Å². The summed E-state index contributed by atoms with van der Waals surface area (Å²) in [6.07, 6.45) is -5.64. The first-order valence-corrected chi connectivity index (χ1v) is 1.88. The van der Waals surface area contributed by atoms with Gasteiger partial charge in [-0.3, -0.25) is 0 Å². The first-order valence-electron chi connectivity index (χ1n) is 1.88. The molecule has 8 heteroatoms. The Labute approximate surface area is 83.7 Å². The molecule has 0 aromatic carbocycles. The molecule has 0 amide bonds. The van der Waals surface area contributed by atoms with Gasteiger partial charge in [-0.25, -0.2) is 14.4 Å². The van der Waals surface area contributed by atoms with Crippen LogP contribution < -0.4 is 29.6 Å². The molecule has 2 N–H and O–H groups in total. The van der Waals surface area contributed by atoms with Crippen LogP contribution in [0.5, 0.6) is 0 Å². The molecule has 0 rings (SSSR count). The summed E-state index contributed by atoms with van der Waals surface area (Å²) >= 11 is 0. The van der Waals surface area contributed by atoms with Crippen molar-refractivity contribution < 1.29 is 65.1 Å². The molecule has 0 radical (unpaired) electrons. The van der Waals surface area contributed by atoms with E-state index in [0.717, 1.165) is 0 Å². The van der Waals surface area contributed by atoms with Gasteiger partial charge in [-0.05, 0) is 0 Å². The van der Waals surface area contributed by atoms with Gasteiger partial charge >= 0.3 is 48.0 Å². The van der Waals surface area contributed by atoms with E-state index >= 15 is 0 Å². The van der Waals surface area contributed by atoms with Crippen LogP contribution in [-0.2, 0) is 9.47 Å². The summed E-state index contributed by atoms with van der Waals surface area (Å²) in [5.41, 5.74) is 0. The number of carbonyl (C=O) groups is 3. The normalized spacial score (nSPS) is 7.27. The summed E-state index contributed by atoms with van der Waals surface area (Å²) in [7, 11) is 0. The molecule has 58 valence electrons. The van der Waals surface area contributed by atoms with Gasteiger partial charge in [0.25, 0.3) is 0 Å². The van der Waals surface area contributed by atoms with Gasteiger partial charge in [0.2, 0.25) is 0 Å². The van der Waals surface area contributed by atoms with Crippen molar-refractivity contribution in [2.45, 2.75) is 0 Å². The Kier molecular flexibility index (Phi) is 6.96. The van der Waals surface area contributed by atoms with E-state index in [2.05, 4.69) is 9.47 Å². The third-order valence-electron chi connectivity index (χ3n) is 0.341. The van der Waals surface area contributed by atoms with Crippen LogP contribution in [0.25, 0.3) is 0 Å². The van der Waals surface area contributed by atoms with Crippen molar-refractivity contribution in [1.82, 2.24) is 0 Å². The number of hydrogen-bond donors (Lipinski definition) is 2. The van der Waals surface area contributed by atoms with Crippen LogP contribution in [0, 0.1) is 0 Å². The average molecular weight is 174 g/mol. The summed E-state index contributed by atoms with van der Waals surface area (Å²) in [4.78, 5) is 28.8. The van der Waals surface area contributed by atoms with E-state index in [4.69, 9.17) is 10.2 Å². The van der Waals surface area contributed by atoms with Gasteiger partial charge < -0.3 is 21.1 Å². The van der Waals surface area contributed by atoms with Gasteiger partial charge in [0.15, 0.2) is 0 Å². The van der Waals surface area contributed by atoms with Crippen LogP contribution >= 0.6 is 0 Å². The molecule has 0 aromatic heterocycles. The smallest absolute Gasteiger partial charge is 1.00 e. The second kappa shape index (κ2) is 5.96. The Bertz CT molecular complexity index is 161. The second-order valence-electron chi connectivity index (χ2n) is 0.986. The number of rotatable bonds is 0. The van der Waals surface area contributed by atoms with Gasteiger partial charge in [0.1, 0.15) is 0 Å². The van der Waals surface area contributed by atoms with Gasteiger partial charge in [0, 0.05) is 0 Å². The molecule has 0 aliphatic carbocycles. The second-order valence-corrected chi connectivity index (χ2v) is 0.986. The van der Waals surface area contributed by atoms with Crippen molar-refractivity contribution in [3.05, 3.63) is 0 Å². The summed E-state index contributed by atoms with van der Waals surface area (Å²) in [5, 5.41) is 15.4. The minimum absolute atomic E-state index is 0. The maximum absolute atomic E-state index is 9.86. The molecule has 0 aliphatic rings. The molecule has 0 aromatic rings. The van der Waals surface area contributed by atoms with Crippen molar-refractivity contribution in [3.8, 4) is 0 Å². The maximum Gasteiger partial charge on any atom is 1.00 e. The molecule has 0 spiro atoms. The quantitative estimate of drug-likeness (QED) is 0.239. The van der Waals surface area contributed by atoms with Gasteiger partial charge in [0.05, 0.1) is 0 Å². The van der Waals surface area contributed by atoms with E-state index in [1.807, 2.05) is 0 Å². The average Bonchev–Trinajstić information content (AvgIpc) is 1.58. The Balaban J connectivity index is -0.000000405. The van der Waals surface area contributed by atoms with Crippen LogP contribution in [0.15, 0.2) is 0 Å². The monoisotopic (exact) mass is 174 g/mol. The van der Waals surface area contributed by atoms with E-state index in [1.165, 1.54) is 0 Å². The fourth-order valence-electron chi connectivity index (χ4n) is 0.163. The van der Waals surface area contributed by atoms with Crippen LogP contribution in [-0.4, -0.2) is 28.7 Å². The fraction of sp³-hybridized carbons (Fsp3) is 0. The van der Waals surface area contributed by atoms with Crippen LogP contribution in [0.4, 0.5) is 14.4 Å². The number of ether oxygens (including phenoxy) is 2. The minimum Gasteiger partial charge on any atom is -1.00 e. The van der Waals surface area contributed by atoms with Crippen molar-refractivity contribution in [3.63, 3.8) is 0 Å². The minimum atomic E-state index is -1.92. The summed E-state index contributed by atoms with van der Waals surface area (Å²) in [5.74, 6) is 0. The molecule has 0 bridgehead atoms. The van der Waals surface area contributed by atoms with E-state index in [9.17, 15) is 14.4 Å². The zero-order valence-corrected chi connectivity index (χ0v) is 7.44. The van der Waals surface area contributed by atoms with Gasteiger partial charge in [-0.2, -0.15) is 0 Å². The zero-order valence-electron chi connectivity index (χ0n) is 6.44. The maximum atomic E-state index is 9.86. The number of carbonyl (C=O) groups excluding carboxylic acids is 1. The Morgan fingerprint density at radius 1 is 1.00 bits per heavy atom. The third-order valence-corrected chi connectivity index (χ3v) is 0.341. The molecule has 7 nitrogen and oxygen atoms in total. The molecule has 0 unspecified atom stereocenters. The molecule has 0 aliphatic heterocycles. The first kappa shape index (κ1) is 12.8. The molecule has 11 heavy (non-hydrogen) atoms. The third kappa shape index (κ3) is 9.21. The van der Waals surface area contributed by atoms with Crippen molar-refractivity contribution >= 4 is 18.5 Å². The molecule has 0 saturated heterocycles. The first-order chi connectivity index (χ1) is 4.52. The summed E-state index contributed by atoms with van der Waals surface area (Å²) < 4.78 is 6.47. The SMILES string of the molecule is O=C(O)OC(=O)OC(=O)O.[H-].[Na+]. The van der Waals surface area contributed by atoms with Crippen LogP contribution in [0.3, 0.4) is 0 Å². The van der Waals surface area contributed by atoms with Gasteiger partial charge in [-0.1, -0.05) is 0 Å². The van der Waals surface area contributed by atoms with E-state index in [0.29, 0.717) is 0 Å². The Hall–Kier alpha value is -0.790.